The van der Waals surface area contributed by atoms with E-state index in [1.807, 2.05) is 24.4 Å². The van der Waals surface area contributed by atoms with E-state index >= 15 is 0 Å². The fourth-order valence-corrected chi connectivity index (χ4v) is 2.44. The third kappa shape index (κ3) is 2.77. The molecule has 0 amide bonds. The van der Waals surface area contributed by atoms with Gasteiger partial charge in [0.25, 0.3) is 5.56 Å². The van der Waals surface area contributed by atoms with Crippen molar-refractivity contribution in [3.63, 3.8) is 0 Å². The maximum Gasteiger partial charge on any atom is 0.258 e. The normalized spacial score (nSPS) is 11.8. The van der Waals surface area contributed by atoms with E-state index in [1.54, 1.807) is 23.0 Å². The number of aromatic nitrogens is 3. The first-order chi connectivity index (χ1) is 10.4. The summed E-state index contributed by atoms with van der Waals surface area (Å²) in [5.74, 6) is 0.635. The molecule has 0 saturated heterocycles. The third-order valence-corrected chi connectivity index (χ3v) is 3.77. The van der Waals surface area contributed by atoms with Gasteiger partial charge in [0.1, 0.15) is 5.82 Å². The molecule has 0 saturated carbocycles. The van der Waals surface area contributed by atoms with Gasteiger partial charge in [0.15, 0.2) is 0 Å². The van der Waals surface area contributed by atoms with Crippen LogP contribution in [-0.2, 0) is 12.0 Å². The zero-order chi connectivity index (χ0) is 15.7. The predicted octanol–water partition coefficient (Wildman–Crippen LogP) is 3.14. The lowest BCUT2D eigenvalue weighted by atomic mass is 9.86. The number of benzene rings is 1. The lowest BCUT2D eigenvalue weighted by Crippen LogP contribution is -2.21. The van der Waals surface area contributed by atoms with Crippen LogP contribution < -0.4 is 5.56 Å². The van der Waals surface area contributed by atoms with Crippen LogP contribution >= 0.6 is 0 Å². The number of rotatable bonds is 2. The van der Waals surface area contributed by atoms with E-state index in [9.17, 15) is 4.79 Å². The third-order valence-electron chi connectivity index (χ3n) is 3.77. The molecular weight excluding hydrogens is 274 g/mol. The zero-order valence-corrected chi connectivity index (χ0v) is 13.1. The van der Waals surface area contributed by atoms with Gasteiger partial charge in [-0.25, -0.2) is 9.97 Å². The average molecular weight is 293 g/mol. The lowest BCUT2D eigenvalue weighted by Gasteiger charge is -2.19. The number of nitrogens with zero attached hydrogens (tertiary/aromatic N) is 3. The molecule has 0 unspecified atom stereocenters. The van der Waals surface area contributed by atoms with E-state index in [2.05, 4.69) is 36.8 Å². The van der Waals surface area contributed by atoms with Crippen LogP contribution in [0.4, 0.5) is 0 Å². The average Bonchev–Trinajstić information content (AvgIpc) is 2.50. The minimum atomic E-state index is -0.00888. The maximum atomic E-state index is 12.6. The van der Waals surface area contributed by atoms with E-state index < -0.39 is 0 Å². The standard InChI is InChI=1S/C18H19N3O/c1-18(2,3)14-5-6-15-13(11-14)7-10-21(17(15)22)12-16-19-8-4-9-20-16/h4-11H,12H2,1-3H3. The van der Waals surface area contributed by atoms with Crippen LogP contribution in [0.5, 0.6) is 0 Å². The van der Waals surface area contributed by atoms with Crippen molar-refractivity contribution >= 4 is 10.8 Å². The van der Waals surface area contributed by atoms with Crippen molar-refractivity contribution in [3.8, 4) is 0 Å². The summed E-state index contributed by atoms with van der Waals surface area (Å²) in [5, 5.41) is 1.70. The first-order valence-corrected chi connectivity index (χ1v) is 7.35. The molecule has 112 valence electrons. The molecule has 2 aromatic heterocycles. The molecule has 3 rings (SSSR count). The van der Waals surface area contributed by atoms with Crippen molar-refractivity contribution in [2.45, 2.75) is 32.7 Å². The van der Waals surface area contributed by atoms with Gasteiger partial charge in [-0.05, 0) is 34.6 Å². The summed E-state index contributed by atoms with van der Waals surface area (Å²) in [5.41, 5.74) is 1.29. The molecule has 0 spiro atoms. The highest BCUT2D eigenvalue weighted by molar-refractivity contribution is 5.82. The van der Waals surface area contributed by atoms with Gasteiger partial charge < -0.3 is 4.57 Å². The summed E-state index contributed by atoms with van der Waals surface area (Å²) in [4.78, 5) is 20.9. The predicted molar refractivity (Wildman–Crippen MR) is 88.0 cm³/mol. The highest BCUT2D eigenvalue weighted by atomic mass is 16.1. The van der Waals surface area contributed by atoms with Gasteiger partial charge in [0.2, 0.25) is 0 Å². The number of hydrogen-bond donors (Lipinski definition) is 0. The molecule has 22 heavy (non-hydrogen) atoms. The van der Waals surface area contributed by atoms with Crippen LogP contribution in [0.2, 0.25) is 0 Å². The fraction of sp³-hybridized carbons (Fsp3) is 0.278. The summed E-state index contributed by atoms with van der Waals surface area (Å²) < 4.78 is 1.65. The van der Waals surface area contributed by atoms with Crippen molar-refractivity contribution in [1.29, 1.82) is 0 Å². The van der Waals surface area contributed by atoms with Crippen LogP contribution in [0.25, 0.3) is 10.8 Å². The summed E-state index contributed by atoms with van der Waals surface area (Å²) in [6.45, 7) is 6.89. The maximum absolute atomic E-state index is 12.6. The minimum absolute atomic E-state index is 0.00888. The van der Waals surface area contributed by atoms with E-state index in [0.29, 0.717) is 12.4 Å². The molecule has 1 aromatic carbocycles. The highest BCUT2D eigenvalue weighted by Crippen LogP contribution is 2.24. The van der Waals surface area contributed by atoms with E-state index in [-0.39, 0.29) is 11.0 Å². The Hall–Kier alpha value is -2.49. The van der Waals surface area contributed by atoms with Crippen molar-refractivity contribution < 1.29 is 0 Å². The van der Waals surface area contributed by atoms with Gasteiger partial charge in [-0.2, -0.15) is 0 Å². The molecular formula is C18H19N3O. The van der Waals surface area contributed by atoms with E-state index in [0.717, 1.165) is 10.8 Å². The number of hydrogen-bond acceptors (Lipinski definition) is 3. The van der Waals surface area contributed by atoms with Crippen molar-refractivity contribution in [3.05, 3.63) is 70.7 Å². The molecule has 0 aliphatic rings. The quantitative estimate of drug-likeness (QED) is 0.729. The fourth-order valence-electron chi connectivity index (χ4n) is 2.44. The Labute approximate surface area is 129 Å². The van der Waals surface area contributed by atoms with Crippen LogP contribution in [0.15, 0.2) is 53.7 Å². The SMILES string of the molecule is CC(C)(C)c1ccc2c(=O)n(Cc3ncccn3)ccc2c1. The van der Waals surface area contributed by atoms with Crippen molar-refractivity contribution in [2.75, 3.05) is 0 Å². The summed E-state index contributed by atoms with van der Waals surface area (Å²) in [7, 11) is 0. The smallest absolute Gasteiger partial charge is 0.258 e. The molecule has 0 fully saturated rings. The summed E-state index contributed by atoms with van der Waals surface area (Å²) in [6, 6.07) is 9.80. The topological polar surface area (TPSA) is 47.8 Å². The van der Waals surface area contributed by atoms with E-state index in [4.69, 9.17) is 0 Å². The Balaban J connectivity index is 2.05. The van der Waals surface area contributed by atoms with Gasteiger partial charge in [0, 0.05) is 24.0 Å². The Morgan fingerprint density at radius 3 is 2.50 bits per heavy atom. The Kier molecular flexibility index (Phi) is 3.53. The molecule has 4 heteroatoms. The molecule has 0 atom stereocenters. The molecule has 2 heterocycles. The molecule has 0 aliphatic carbocycles. The Morgan fingerprint density at radius 1 is 1.09 bits per heavy atom. The van der Waals surface area contributed by atoms with Gasteiger partial charge in [-0.15, -0.1) is 0 Å². The van der Waals surface area contributed by atoms with E-state index in [1.165, 1.54) is 5.56 Å². The van der Waals surface area contributed by atoms with Gasteiger partial charge in [-0.3, -0.25) is 4.79 Å². The van der Waals surface area contributed by atoms with Crippen LogP contribution in [0.3, 0.4) is 0 Å². The highest BCUT2D eigenvalue weighted by Gasteiger charge is 2.14. The Morgan fingerprint density at radius 2 is 1.82 bits per heavy atom. The molecule has 0 radical (unpaired) electrons. The van der Waals surface area contributed by atoms with Crippen molar-refractivity contribution in [1.82, 2.24) is 14.5 Å². The number of fused-ring (bicyclic) bond motifs is 1. The first kappa shape index (κ1) is 14.4. The second-order valence-electron chi connectivity index (χ2n) is 6.47. The number of pyridine rings is 1. The van der Waals surface area contributed by atoms with Gasteiger partial charge in [0.05, 0.1) is 6.54 Å². The molecule has 0 aliphatic heterocycles. The Bertz CT molecular complexity index is 861. The van der Waals surface area contributed by atoms with Crippen molar-refractivity contribution in [2.24, 2.45) is 0 Å². The summed E-state index contributed by atoms with van der Waals surface area (Å²) >= 11 is 0. The second-order valence-corrected chi connectivity index (χ2v) is 6.47. The molecule has 4 nitrogen and oxygen atoms in total. The van der Waals surface area contributed by atoms with Crippen LogP contribution in [0, 0.1) is 0 Å². The monoisotopic (exact) mass is 293 g/mol. The zero-order valence-electron chi connectivity index (χ0n) is 13.1. The molecule has 0 N–H and O–H groups in total. The van der Waals surface area contributed by atoms with Crippen LogP contribution in [0.1, 0.15) is 32.2 Å². The minimum Gasteiger partial charge on any atom is -0.307 e. The summed E-state index contributed by atoms with van der Waals surface area (Å²) in [6.07, 6.45) is 5.18. The first-order valence-electron chi connectivity index (χ1n) is 7.35. The molecule has 3 aromatic rings. The second kappa shape index (κ2) is 5.37. The van der Waals surface area contributed by atoms with Gasteiger partial charge in [-0.1, -0.05) is 32.9 Å². The largest absolute Gasteiger partial charge is 0.307 e. The van der Waals surface area contributed by atoms with Crippen LogP contribution in [-0.4, -0.2) is 14.5 Å². The lowest BCUT2D eigenvalue weighted by molar-refractivity contribution is 0.591. The molecule has 0 bridgehead atoms. The van der Waals surface area contributed by atoms with Gasteiger partial charge >= 0.3 is 0 Å².